The number of halogens is 2. The Balaban J connectivity index is 1.48. The molecule has 0 spiro atoms. The normalized spacial score (nSPS) is 19.8. The number of nitrogens with zero attached hydrogens (tertiary/aromatic N) is 4. The van der Waals surface area contributed by atoms with Crippen LogP contribution in [0.4, 0.5) is 10.2 Å². The lowest BCUT2D eigenvalue weighted by Gasteiger charge is -2.36. The highest BCUT2D eigenvalue weighted by Crippen LogP contribution is 2.44. The fourth-order valence-corrected chi connectivity index (χ4v) is 4.90. The third kappa shape index (κ3) is 2.72. The number of rotatable bonds is 1. The molecule has 8 nitrogen and oxygen atoms in total. The number of morpholine rings is 1. The number of amides is 1. The lowest BCUT2D eigenvalue weighted by Crippen LogP contribution is -2.47. The molecule has 32 heavy (non-hydrogen) atoms. The van der Waals surface area contributed by atoms with Gasteiger partial charge in [-0.2, -0.15) is 5.10 Å². The second-order valence-electron chi connectivity index (χ2n) is 7.86. The molecule has 2 atom stereocenters. The molecular weight excluding hydrogens is 481 g/mol. The lowest BCUT2D eigenvalue weighted by molar-refractivity contribution is -0.140. The highest BCUT2D eigenvalue weighted by atomic mass is 79.9. The van der Waals surface area contributed by atoms with Crippen molar-refractivity contribution < 1.29 is 18.7 Å². The van der Waals surface area contributed by atoms with Crippen LogP contribution in [0.2, 0.25) is 0 Å². The van der Waals surface area contributed by atoms with Crippen LogP contribution in [0.15, 0.2) is 41.0 Å². The molecule has 1 saturated heterocycles. The monoisotopic (exact) mass is 497 g/mol. The zero-order valence-electron chi connectivity index (χ0n) is 16.9. The Morgan fingerprint density at radius 3 is 2.97 bits per heavy atom. The Morgan fingerprint density at radius 1 is 1.28 bits per heavy atom. The van der Waals surface area contributed by atoms with Crippen LogP contribution in [0.1, 0.15) is 22.0 Å². The molecule has 0 radical (unpaired) electrons. The van der Waals surface area contributed by atoms with Gasteiger partial charge >= 0.3 is 0 Å². The summed E-state index contributed by atoms with van der Waals surface area (Å²) in [6, 6.07) is 7.93. The molecular formula is C22H17BrFN5O3. The predicted octanol–water partition coefficient (Wildman–Crippen LogP) is 3.54. The van der Waals surface area contributed by atoms with E-state index in [0.29, 0.717) is 40.7 Å². The minimum atomic E-state index is -0.658. The molecule has 1 fully saturated rings. The summed E-state index contributed by atoms with van der Waals surface area (Å²) >= 11 is 3.43. The van der Waals surface area contributed by atoms with Gasteiger partial charge in [0.05, 0.1) is 34.8 Å². The van der Waals surface area contributed by atoms with Gasteiger partial charge < -0.3 is 20.1 Å². The zero-order valence-corrected chi connectivity index (χ0v) is 18.5. The summed E-state index contributed by atoms with van der Waals surface area (Å²) in [5, 5.41) is 5.50. The van der Waals surface area contributed by atoms with E-state index in [9.17, 15) is 4.79 Å². The number of anilines is 1. The quantitative estimate of drug-likeness (QED) is 0.432. The Bertz CT molecular complexity index is 1440. The number of ether oxygens (including phenoxy) is 2. The number of nitrogens with two attached hydrogens (primary N) is 1. The van der Waals surface area contributed by atoms with Crippen molar-refractivity contribution >= 4 is 49.5 Å². The van der Waals surface area contributed by atoms with E-state index in [-0.39, 0.29) is 11.4 Å². The second kappa shape index (κ2) is 6.88. The molecule has 0 bridgehead atoms. The zero-order chi connectivity index (χ0) is 22.1. The van der Waals surface area contributed by atoms with Crippen LogP contribution < -0.4 is 10.5 Å². The molecule has 162 valence electrons. The Labute approximate surface area is 189 Å². The maximum atomic E-state index is 15.2. The maximum Gasteiger partial charge on any atom is 0.257 e. The SMILES string of the molecule is Cn1ncc2c(N)nc3cc(F)c(C(=O)N4CCO[C@@H]5Oc6cc(Br)ccc6[C@@H]54)cc3c21. The van der Waals surface area contributed by atoms with Crippen molar-refractivity contribution in [2.24, 2.45) is 7.05 Å². The Hall–Kier alpha value is -3.24. The minimum Gasteiger partial charge on any atom is -0.462 e. The number of nitrogen functional groups attached to an aromatic ring is 1. The van der Waals surface area contributed by atoms with Crippen LogP contribution >= 0.6 is 15.9 Å². The fourth-order valence-electron chi connectivity index (χ4n) is 4.56. The summed E-state index contributed by atoms with van der Waals surface area (Å²) in [6.07, 6.45) is 0.977. The molecule has 4 aromatic rings. The van der Waals surface area contributed by atoms with Gasteiger partial charge in [-0.05, 0) is 18.2 Å². The fraction of sp³-hybridized carbons (Fsp3) is 0.227. The highest BCUT2D eigenvalue weighted by molar-refractivity contribution is 9.10. The summed E-state index contributed by atoms with van der Waals surface area (Å²) in [4.78, 5) is 19.5. The van der Waals surface area contributed by atoms with Crippen LogP contribution in [-0.2, 0) is 11.8 Å². The van der Waals surface area contributed by atoms with Crippen molar-refractivity contribution in [3.05, 3.63) is 57.9 Å². The van der Waals surface area contributed by atoms with E-state index in [0.717, 1.165) is 10.0 Å². The predicted molar refractivity (Wildman–Crippen MR) is 119 cm³/mol. The maximum absolute atomic E-state index is 15.2. The largest absolute Gasteiger partial charge is 0.462 e. The van der Waals surface area contributed by atoms with Crippen molar-refractivity contribution in [1.82, 2.24) is 19.7 Å². The van der Waals surface area contributed by atoms with Gasteiger partial charge in [0.25, 0.3) is 5.91 Å². The molecule has 4 heterocycles. The summed E-state index contributed by atoms with van der Waals surface area (Å²) in [5.41, 5.74) is 7.87. The first-order valence-electron chi connectivity index (χ1n) is 10.0. The number of pyridine rings is 1. The molecule has 1 amide bonds. The molecule has 2 aliphatic heterocycles. The van der Waals surface area contributed by atoms with E-state index < -0.39 is 24.1 Å². The van der Waals surface area contributed by atoms with Gasteiger partial charge in [0, 0.05) is 35.1 Å². The molecule has 0 unspecified atom stereocenters. The Morgan fingerprint density at radius 2 is 2.12 bits per heavy atom. The highest BCUT2D eigenvalue weighted by Gasteiger charge is 2.44. The number of hydrogen-bond acceptors (Lipinski definition) is 6. The number of carbonyl (C=O) groups excluding carboxylic acids is 1. The smallest absolute Gasteiger partial charge is 0.257 e. The van der Waals surface area contributed by atoms with Crippen LogP contribution in [0.5, 0.6) is 5.75 Å². The van der Waals surface area contributed by atoms with Gasteiger partial charge in [-0.15, -0.1) is 0 Å². The number of aromatic nitrogens is 3. The van der Waals surface area contributed by atoms with Crippen LogP contribution in [0, 0.1) is 5.82 Å². The first-order chi connectivity index (χ1) is 15.4. The summed E-state index contributed by atoms with van der Waals surface area (Å²) in [5.74, 6) is -0.187. The van der Waals surface area contributed by atoms with Crippen molar-refractivity contribution in [3.8, 4) is 5.75 Å². The number of benzene rings is 2. The first-order valence-corrected chi connectivity index (χ1v) is 10.8. The van der Waals surface area contributed by atoms with Crippen LogP contribution in [0.3, 0.4) is 0 Å². The lowest BCUT2D eigenvalue weighted by atomic mass is 10.0. The van der Waals surface area contributed by atoms with Gasteiger partial charge in [0.1, 0.15) is 23.4 Å². The summed E-state index contributed by atoms with van der Waals surface area (Å²) in [7, 11) is 1.77. The molecule has 2 aromatic heterocycles. The topological polar surface area (TPSA) is 95.5 Å². The standard InChI is InChI=1S/C22H17BrFN5O3/c1-28-18-13-7-12(15(24)8-16(13)27-20(25)14(18)9-26-28)21(30)29-4-5-31-22-19(29)11-3-2-10(23)6-17(11)32-22/h2-3,6-9,19,22H,4-5H2,1H3,(H2,25,27)/t19-,22+/m0/s1. The molecule has 6 rings (SSSR count). The average molecular weight is 498 g/mol. The summed E-state index contributed by atoms with van der Waals surface area (Å²) in [6.45, 7) is 0.610. The van der Waals surface area contributed by atoms with Gasteiger partial charge in [-0.25, -0.2) is 9.37 Å². The molecule has 0 saturated carbocycles. The van der Waals surface area contributed by atoms with E-state index >= 15 is 4.39 Å². The van der Waals surface area contributed by atoms with E-state index in [2.05, 4.69) is 26.0 Å². The average Bonchev–Trinajstić information content (AvgIpc) is 3.33. The number of fused-ring (bicyclic) bond motifs is 6. The first kappa shape index (κ1) is 19.4. The minimum absolute atomic E-state index is 0.0437. The molecule has 2 N–H and O–H groups in total. The van der Waals surface area contributed by atoms with E-state index in [1.165, 1.54) is 12.1 Å². The van der Waals surface area contributed by atoms with Gasteiger partial charge in [0.2, 0.25) is 6.29 Å². The number of aryl methyl sites for hydroxylation is 1. The van der Waals surface area contributed by atoms with Crippen LogP contribution in [-0.4, -0.2) is 45.0 Å². The van der Waals surface area contributed by atoms with Gasteiger partial charge in [-0.1, -0.05) is 22.0 Å². The second-order valence-corrected chi connectivity index (χ2v) is 8.77. The third-order valence-electron chi connectivity index (χ3n) is 6.03. The molecule has 2 aromatic carbocycles. The van der Waals surface area contributed by atoms with Crippen molar-refractivity contribution in [1.29, 1.82) is 0 Å². The van der Waals surface area contributed by atoms with E-state index in [4.69, 9.17) is 15.2 Å². The van der Waals surface area contributed by atoms with Crippen molar-refractivity contribution in [2.45, 2.75) is 12.3 Å². The van der Waals surface area contributed by atoms with E-state index in [1.807, 2.05) is 18.2 Å². The third-order valence-corrected chi connectivity index (χ3v) is 6.53. The number of carbonyl (C=O) groups is 1. The van der Waals surface area contributed by atoms with Crippen molar-refractivity contribution in [3.63, 3.8) is 0 Å². The van der Waals surface area contributed by atoms with Gasteiger partial charge in [-0.3, -0.25) is 9.48 Å². The Kier molecular flexibility index (Phi) is 4.18. The van der Waals surface area contributed by atoms with Gasteiger partial charge in [0.15, 0.2) is 0 Å². The molecule has 2 aliphatic rings. The number of hydrogen-bond donors (Lipinski definition) is 1. The molecule has 0 aliphatic carbocycles. The van der Waals surface area contributed by atoms with E-state index in [1.54, 1.807) is 22.8 Å². The summed E-state index contributed by atoms with van der Waals surface area (Å²) < 4.78 is 29.3. The van der Waals surface area contributed by atoms with Crippen LogP contribution in [0.25, 0.3) is 21.8 Å². The molecule has 10 heteroatoms. The van der Waals surface area contributed by atoms with Crippen molar-refractivity contribution in [2.75, 3.05) is 18.9 Å².